The number of aromatic amines is 1. The van der Waals surface area contributed by atoms with E-state index in [4.69, 9.17) is 0 Å². The van der Waals surface area contributed by atoms with E-state index in [1.807, 2.05) is 4.57 Å². The summed E-state index contributed by atoms with van der Waals surface area (Å²) in [5.41, 5.74) is 5.08. The minimum Gasteiger partial charge on any atom is -0.361 e. The van der Waals surface area contributed by atoms with Gasteiger partial charge in [0.05, 0.1) is 0 Å². The highest BCUT2D eigenvalue weighted by molar-refractivity contribution is 5.85. The molecule has 5 rings (SSSR count). The van der Waals surface area contributed by atoms with Gasteiger partial charge >= 0.3 is 0 Å². The number of aromatic nitrogens is 4. The third-order valence-electron chi connectivity index (χ3n) is 6.89. The number of nitrogens with one attached hydrogen (secondary N) is 2. The lowest BCUT2D eigenvalue weighted by Gasteiger charge is -2.39. The van der Waals surface area contributed by atoms with Crippen molar-refractivity contribution in [3.8, 4) is 5.69 Å². The number of fused-ring (bicyclic) bond motifs is 1. The van der Waals surface area contributed by atoms with Crippen molar-refractivity contribution in [1.29, 1.82) is 0 Å². The second-order valence-corrected chi connectivity index (χ2v) is 8.82. The highest BCUT2D eigenvalue weighted by Gasteiger charge is 2.25. The van der Waals surface area contributed by atoms with Gasteiger partial charge in [0.15, 0.2) is 0 Å². The van der Waals surface area contributed by atoms with Crippen LogP contribution in [0.15, 0.2) is 67.4 Å². The SMILES string of the molecule is CC(c1ccccc1)N(CCCc1c[nH]c2ccc(-n3cnnc3)cc12)C1CCNCC1. The number of piperidine rings is 1. The highest BCUT2D eigenvalue weighted by Crippen LogP contribution is 2.28. The quantitative estimate of drug-likeness (QED) is 0.434. The summed E-state index contributed by atoms with van der Waals surface area (Å²) in [6.07, 6.45) is 10.3. The average molecular weight is 429 g/mol. The number of benzene rings is 2. The third kappa shape index (κ3) is 4.47. The molecule has 32 heavy (non-hydrogen) atoms. The van der Waals surface area contributed by atoms with Crippen molar-refractivity contribution in [2.45, 2.75) is 44.7 Å². The van der Waals surface area contributed by atoms with Crippen LogP contribution >= 0.6 is 0 Å². The van der Waals surface area contributed by atoms with E-state index in [2.05, 4.69) is 87.0 Å². The molecule has 0 amide bonds. The molecule has 3 heterocycles. The molecular formula is C26H32N6. The van der Waals surface area contributed by atoms with Gasteiger partial charge in [0, 0.05) is 34.9 Å². The standard InChI is InChI=1S/C26H32N6/c1-20(21-6-3-2-4-7-21)32(23-11-13-27-14-12-23)15-5-8-22-17-28-26-10-9-24(16-25(22)26)31-18-29-30-19-31/h2-4,6-7,9-10,16-20,23,27-28H,5,8,11-15H2,1H3. The zero-order valence-corrected chi connectivity index (χ0v) is 18.7. The topological polar surface area (TPSA) is 61.8 Å². The van der Waals surface area contributed by atoms with Gasteiger partial charge in [-0.25, -0.2) is 0 Å². The Balaban J connectivity index is 1.31. The van der Waals surface area contributed by atoms with Crippen molar-refractivity contribution in [2.75, 3.05) is 19.6 Å². The largest absolute Gasteiger partial charge is 0.361 e. The Kier molecular flexibility index (Phi) is 6.32. The summed E-state index contributed by atoms with van der Waals surface area (Å²) in [4.78, 5) is 6.19. The summed E-state index contributed by atoms with van der Waals surface area (Å²) in [5, 5.41) is 12.7. The fourth-order valence-electron chi connectivity index (χ4n) is 5.07. The lowest BCUT2D eigenvalue weighted by molar-refractivity contribution is 0.115. The maximum absolute atomic E-state index is 3.94. The van der Waals surface area contributed by atoms with Crippen LogP contribution in [0.5, 0.6) is 0 Å². The summed E-state index contributed by atoms with van der Waals surface area (Å²) < 4.78 is 1.95. The Morgan fingerprint density at radius 1 is 1.06 bits per heavy atom. The first-order chi connectivity index (χ1) is 15.8. The van der Waals surface area contributed by atoms with Gasteiger partial charge in [-0.2, -0.15) is 0 Å². The summed E-state index contributed by atoms with van der Waals surface area (Å²) in [6, 6.07) is 18.5. The molecule has 0 spiro atoms. The smallest absolute Gasteiger partial charge is 0.123 e. The molecule has 6 heteroatoms. The number of hydrogen-bond acceptors (Lipinski definition) is 4. The fraction of sp³-hybridized carbons (Fsp3) is 0.385. The zero-order chi connectivity index (χ0) is 21.8. The molecule has 1 atom stereocenters. The van der Waals surface area contributed by atoms with E-state index in [9.17, 15) is 0 Å². The molecule has 0 saturated carbocycles. The Morgan fingerprint density at radius 3 is 2.62 bits per heavy atom. The number of H-pyrrole nitrogens is 1. The summed E-state index contributed by atoms with van der Waals surface area (Å²) in [6.45, 7) is 5.72. The number of nitrogens with zero attached hydrogens (tertiary/aromatic N) is 4. The van der Waals surface area contributed by atoms with Crippen molar-refractivity contribution in [3.05, 3.63) is 78.5 Å². The number of aryl methyl sites for hydroxylation is 1. The van der Waals surface area contributed by atoms with Crippen LogP contribution in [0.3, 0.4) is 0 Å². The van der Waals surface area contributed by atoms with Crippen LogP contribution in [0.1, 0.15) is 43.4 Å². The molecule has 1 aliphatic rings. The highest BCUT2D eigenvalue weighted by atomic mass is 15.2. The molecule has 1 aliphatic heterocycles. The van der Waals surface area contributed by atoms with Crippen LogP contribution in [-0.4, -0.2) is 50.3 Å². The molecule has 6 nitrogen and oxygen atoms in total. The Bertz CT molecular complexity index is 1110. The van der Waals surface area contributed by atoms with Crippen molar-refractivity contribution in [1.82, 2.24) is 30.0 Å². The van der Waals surface area contributed by atoms with Crippen LogP contribution in [-0.2, 0) is 6.42 Å². The second kappa shape index (κ2) is 9.67. The zero-order valence-electron chi connectivity index (χ0n) is 18.7. The second-order valence-electron chi connectivity index (χ2n) is 8.82. The molecule has 0 bridgehead atoms. The Morgan fingerprint density at radius 2 is 1.84 bits per heavy atom. The van der Waals surface area contributed by atoms with Crippen molar-refractivity contribution >= 4 is 10.9 Å². The minimum atomic E-state index is 0.433. The van der Waals surface area contributed by atoms with E-state index in [-0.39, 0.29) is 0 Å². The van der Waals surface area contributed by atoms with Gasteiger partial charge in [-0.15, -0.1) is 10.2 Å². The summed E-state index contributed by atoms with van der Waals surface area (Å²) in [7, 11) is 0. The van der Waals surface area contributed by atoms with Crippen molar-refractivity contribution in [2.24, 2.45) is 0 Å². The molecule has 1 unspecified atom stereocenters. The maximum atomic E-state index is 3.94. The van der Waals surface area contributed by atoms with Crippen molar-refractivity contribution in [3.63, 3.8) is 0 Å². The van der Waals surface area contributed by atoms with E-state index in [1.54, 1.807) is 12.7 Å². The summed E-state index contributed by atoms with van der Waals surface area (Å²) >= 11 is 0. The molecule has 0 radical (unpaired) electrons. The third-order valence-corrected chi connectivity index (χ3v) is 6.89. The van der Waals surface area contributed by atoms with Crippen LogP contribution in [0.2, 0.25) is 0 Å². The first kappa shape index (κ1) is 20.9. The van der Waals surface area contributed by atoms with Crippen LogP contribution in [0, 0.1) is 0 Å². The van der Waals surface area contributed by atoms with Crippen LogP contribution in [0.4, 0.5) is 0 Å². The van der Waals surface area contributed by atoms with Gasteiger partial charge in [-0.3, -0.25) is 9.47 Å². The van der Waals surface area contributed by atoms with E-state index in [1.165, 1.54) is 34.9 Å². The average Bonchev–Trinajstić information content (AvgIpc) is 3.53. The monoisotopic (exact) mass is 428 g/mol. The molecule has 2 aromatic heterocycles. The maximum Gasteiger partial charge on any atom is 0.123 e. The normalized spacial score (nSPS) is 16.1. The van der Waals surface area contributed by atoms with Gasteiger partial charge in [-0.1, -0.05) is 30.3 Å². The first-order valence-corrected chi connectivity index (χ1v) is 11.8. The van der Waals surface area contributed by atoms with Gasteiger partial charge in [0.2, 0.25) is 0 Å². The predicted molar refractivity (Wildman–Crippen MR) is 129 cm³/mol. The first-order valence-electron chi connectivity index (χ1n) is 11.8. The lowest BCUT2D eigenvalue weighted by Crippen LogP contribution is -2.44. The van der Waals surface area contributed by atoms with Gasteiger partial charge in [0.1, 0.15) is 12.7 Å². The number of hydrogen-bond donors (Lipinski definition) is 2. The molecule has 1 saturated heterocycles. The fourth-order valence-corrected chi connectivity index (χ4v) is 5.07. The molecule has 1 fully saturated rings. The molecule has 2 N–H and O–H groups in total. The molecule has 0 aliphatic carbocycles. The molecular weight excluding hydrogens is 396 g/mol. The van der Waals surface area contributed by atoms with E-state index < -0.39 is 0 Å². The van der Waals surface area contributed by atoms with Crippen LogP contribution in [0.25, 0.3) is 16.6 Å². The van der Waals surface area contributed by atoms with E-state index in [0.717, 1.165) is 38.2 Å². The summed E-state index contributed by atoms with van der Waals surface area (Å²) in [5.74, 6) is 0. The molecule has 2 aromatic carbocycles. The lowest BCUT2D eigenvalue weighted by atomic mass is 9.98. The Labute approximate surface area is 189 Å². The Hall–Kier alpha value is -2.96. The number of rotatable bonds is 8. The minimum absolute atomic E-state index is 0.433. The predicted octanol–water partition coefficient (Wildman–Crippen LogP) is 4.50. The van der Waals surface area contributed by atoms with Gasteiger partial charge < -0.3 is 10.3 Å². The van der Waals surface area contributed by atoms with Gasteiger partial charge in [-0.05, 0) is 81.6 Å². The molecule has 4 aromatic rings. The van der Waals surface area contributed by atoms with E-state index in [0.29, 0.717) is 12.1 Å². The van der Waals surface area contributed by atoms with Crippen LogP contribution < -0.4 is 5.32 Å². The molecule has 166 valence electrons. The van der Waals surface area contributed by atoms with Gasteiger partial charge in [0.25, 0.3) is 0 Å². The van der Waals surface area contributed by atoms with Crippen molar-refractivity contribution < 1.29 is 0 Å². The van der Waals surface area contributed by atoms with E-state index >= 15 is 0 Å².